The number of carbonyl (C=O) groups excluding carboxylic acids is 1. The number of rotatable bonds is 5. The fourth-order valence-corrected chi connectivity index (χ4v) is 4.04. The van der Waals surface area contributed by atoms with Gasteiger partial charge in [-0.3, -0.25) is 0 Å². The lowest BCUT2D eigenvalue weighted by Gasteiger charge is -2.29. The summed E-state index contributed by atoms with van der Waals surface area (Å²) in [4.78, 5) is 34.0. The number of fused-ring (bicyclic) bond motifs is 1. The molecule has 4 heterocycles. The summed E-state index contributed by atoms with van der Waals surface area (Å²) in [7, 11) is 0. The second kappa shape index (κ2) is 9.36. The Balaban J connectivity index is 1.46. The third kappa shape index (κ3) is 4.49. The van der Waals surface area contributed by atoms with E-state index in [1.807, 2.05) is 36.1 Å². The van der Waals surface area contributed by atoms with E-state index in [1.165, 1.54) is 0 Å². The molecule has 2 aliphatic heterocycles. The average molecular weight is 460 g/mol. The van der Waals surface area contributed by atoms with E-state index in [-0.39, 0.29) is 12.0 Å². The summed E-state index contributed by atoms with van der Waals surface area (Å²) in [6.45, 7) is 6.42. The summed E-state index contributed by atoms with van der Waals surface area (Å²) < 4.78 is 5.55. The number of hydrogen-bond acceptors (Lipinski definition) is 9. The maximum atomic E-state index is 11.8. The number of urea groups is 1. The number of aromatic nitrogens is 4. The molecule has 2 aliphatic rings. The number of morpholine rings is 1. The van der Waals surface area contributed by atoms with Crippen molar-refractivity contribution in [2.24, 2.45) is 0 Å². The second-order valence-corrected chi connectivity index (χ2v) is 7.96. The van der Waals surface area contributed by atoms with E-state index in [0.29, 0.717) is 50.2 Å². The van der Waals surface area contributed by atoms with Crippen LogP contribution in [0.25, 0.3) is 11.4 Å². The first kappa shape index (κ1) is 21.7. The molecular weight excluding hydrogens is 434 g/mol. The molecule has 2 aromatic heterocycles. The fraction of sp³-hybridized carbons (Fsp3) is 0.348. The molecule has 1 saturated heterocycles. The van der Waals surface area contributed by atoms with Gasteiger partial charge in [0.05, 0.1) is 32.0 Å². The van der Waals surface area contributed by atoms with Crippen LogP contribution in [0.1, 0.15) is 18.2 Å². The third-order valence-electron chi connectivity index (χ3n) is 5.67. The van der Waals surface area contributed by atoms with E-state index in [0.717, 1.165) is 35.7 Å². The molecule has 34 heavy (non-hydrogen) atoms. The van der Waals surface area contributed by atoms with Crippen molar-refractivity contribution in [1.29, 1.82) is 0 Å². The molecule has 5 rings (SSSR count). The standard InChI is InChI=1S/C23H25N9O2/c1-2-25-23(33)27-16-5-3-15(4-6-16)20-28-18-14-32(19-7-8-26-22(24)29-19)13-17(18)21(30-20)31-9-11-34-12-10-31/h3-6H,2,9-14H2,1H3,(H2,24,26,29)(H2,25,27,33). The van der Waals surface area contributed by atoms with Gasteiger partial charge >= 0.3 is 6.03 Å². The Morgan fingerprint density at radius 2 is 1.91 bits per heavy atom. The maximum Gasteiger partial charge on any atom is 0.319 e. The Hall–Kier alpha value is -4.17. The monoisotopic (exact) mass is 459 g/mol. The highest BCUT2D eigenvalue weighted by atomic mass is 16.5. The van der Waals surface area contributed by atoms with Gasteiger partial charge in [0, 0.05) is 42.6 Å². The molecule has 11 heteroatoms. The Kier molecular flexibility index (Phi) is 5.97. The Labute approximate surface area is 197 Å². The van der Waals surface area contributed by atoms with Crippen LogP contribution in [0.2, 0.25) is 0 Å². The number of benzene rings is 1. The molecule has 0 aliphatic carbocycles. The van der Waals surface area contributed by atoms with Crippen LogP contribution < -0.4 is 26.2 Å². The highest BCUT2D eigenvalue weighted by Gasteiger charge is 2.29. The van der Waals surface area contributed by atoms with Crippen molar-refractivity contribution in [3.05, 3.63) is 47.8 Å². The lowest BCUT2D eigenvalue weighted by Crippen LogP contribution is -2.37. The number of nitrogens with two attached hydrogens (primary N) is 1. The SMILES string of the molecule is CCNC(=O)Nc1ccc(-c2nc3c(c(N4CCOCC4)n2)CN(c2c#cnc(N)n2)C3)cc1. The molecule has 1 aromatic carbocycles. The molecule has 0 atom stereocenters. The lowest BCUT2D eigenvalue weighted by atomic mass is 10.1. The van der Waals surface area contributed by atoms with Crippen molar-refractivity contribution in [1.82, 2.24) is 25.3 Å². The van der Waals surface area contributed by atoms with Gasteiger partial charge < -0.3 is 30.9 Å². The number of carbonyl (C=O) groups is 1. The zero-order valence-electron chi connectivity index (χ0n) is 18.8. The molecule has 1 fully saturated rings. The summed E-state index contributed by atoms with van der Waals surface area (Å²) in [6, 6.07) is 10.2. The third-order valence-corrected chi connectivity index (χ3v) is 5.67. The first-order valence-corrected chi connectivity index (χ1v) is 11.2. The van der Waals surface area contributed by atoms with Gasteiger partial charge in [0.25, 0.3) is 0 Å². The Bertz CT molecular complexity index is 1180. The van der Waals surface area contributed by atoms with Gasteiger partial charge in [0.15, 0.2) is 11.6 Å². The van der Waals surface area contributed by atoms with E-state index in [9.17, 15) is 4.79 Å². The minimum atomic E-state index is -0.238. The smallest absolute Gasteiger partial charge is 0.319 e. The van der Waals surface area contributed by atoms with Gasteiger partial charge in [0.1, 0.15) is 5.82 Å². The van der Waals surface area contributed by atoms with E-state index in [1.54, 1.807) is 0 Å². The number of hydrogen-bond donors (Lipinski definition) is 3. The predicted octanol–water partition coefficient (Wildman–Crippen LogP) is 1.61. The van der Waals surface area contributed by atoms with Crippen LogP contribution in [0.3, 0.4) is 0 Å². The van der Waals surface area contributed by atoms with Crippen LogP contribution in [0, 0.1) is 12.3 Å². The molecule has 0 spiro atoms. The van der Waals surface area contributed by atoms with E-state index in [2.05, 4.69) is 37.8 Å². The number of amides is 2. The van der Waals surface area contributed by atoms with E-state index >= 15 is 0 Å². The zero-order chi connectivity index (χ0) is 23.5. The number of nitrogens with zero attached hydrogens (tertiary/aromatic N) is 6. The summed E-state index contributed by atoms with van der Waals surface area (Å²) in [5.41, 5.74) is 9.31. The molecule has 0 bridgehead atoms. The minimum Gasteiger partial charge on any atom is -0.378 e. The first-order chi connectivity index (χ1) is 16.6. The topological polar surface area (TPSA) is 134 Å². The molecule has 4 N–H and O–H groups in total. The van der Waals surface area contributed by atoms with Crippen LogP contribution in [-0.2, 0) is 17.8 Å². The summed E-state index contributed by atoms with van der Waals surface area (Å²) in [5.74, 6) is 2.28. The van der Waals surface area contributed by atoms with Crippen LogP contribution >= 0.6 is 0 Å². The number of ether oxygens (including phenoxy) is 1. The molecule has 174 valence electrons. The van der Waals surface area contributed by atoms with Crippen molar-refractivity contribution in [3.8, 4) is 11.4 Å². The van der Waals surface area contributed by atoms with Gasteiger partial charge in [-0.2, -0.15) is 9.97 Å². The largest absolute Gasteiger partial charge is 0.378 e. The van der Waals surface area contributed by atoms with Crippen LogP contribution in [0.4, 0.5) is 28.1 Å². The molecule has 2 amide bonds. The summed E-state index contributed by atoms with van der Waals surface area (Å²) in [5, 5.41) is 5.52. The highest BCUT2D eigenvalue weighted by Crippen LogP contribution is 2.34. The lowest BCUT2D eigenvalue weighted by molar-refractivity contribution is 0.122. The van der Waals surface area contributed by atoms with Crippen molar-refractivity contribution in [3.63, 3.8) is 0 Å². The summed E-state index contributed by atoms with van der Waals surface area (Å²) >= 11 is 0. The van der Waals surface area contributed by atoms with Gasteiger partial charge in [0.2, 0.25) is 5.95 Å². The Morgan fingerprint density at radius 1 is 1.12 bits per heavy atom. The first-order valence-electron chi connectivity index (χ1n) is 11.2. The van der Waals surface area contributed by atoms with Crippen molar-refractivity contribution < 1.29 is 9.53 Å². The van der Waals surface area contributed by atoms with Gasteiger partial charge in [-0.15, -0.1) is 0 Å². The highest BCUT2D eigenvalue weighted by molar-refractivity contribution is 5.89. The van der Waals surface area contributed by atoms with Crippen molar-refractivity contribution >= 4 is 29.3 Å². The average Bonchev–Trinajstić information content (AvgIpc) is 3.29. The van der Waals surface area contributed by atoms with Crippen LogP contribution in [-0.4, -0.2) is 58.8 Å². The molecule has 0 radical (unpaired) electrons. The second-order valence-electron chi connectivity index (χ2n) is 7.96. The van der Waals surface area contributed by atoms with E-state index in [4.69, 9.17) is 20.4 Å². The molecule has 11 nitrogen and oxygen atoms in total. The predicted molar refractivity (Wildman–Crippen MR) is 127 cm³/mol. The fourth-order valence-electron chi connectivity index (χ4n) is 4.04. The number of nitrogens with one attached hydrogen (secondary N) is 2. The normalized spacial score (nSPS) is 15.0. The number of nitrogen functional groups attached to an aromatic ring is 1. The van der Waals surface area contributed by atoms with Crippen LogP contribution in [0.5, 0.6) is 0 Å². The van der Waals surface area contributed by atoms with E-state index < -0.39 is 0 Å². The molecule has 0 unspecified atom stereocenters. The molecule has 3 aromatic rings. The summed E-state index contributed by atoms with van der Waals surface area (Å²) in [6.07, 6.45) is 2.67. The number of anilines is 4. The van der Waals surface area contributed by atoms with Crippen LogP contribution in [0.15, 0.2) is 24.3 Å². The Morgan fingerprint density at radius 3 is 2.65 bits per heavy atom. The van der Waals surface area contributed by atoms with Crippen molar-refractivity contribution in [2.45, 2.75) is 20.0 Å². The van der Waals surface area contributed by atoms with Crippen molar-refractivity contribution in [2.75, 3.05) is 53.7 Å². The van der Waals surface area contributed by atoms with Gasteiger partial charge in [-0.1, -0.05) is 0 Å². The minimum absolute atomic E-state index is 0.159. The molecule has 0 saturated carbocycles. The van der Waals surface area contributed by atoms with Gasteiger partial charge in [-0.05, 0) is 37.3 Å². The quantitative estimate of drug-likeness (QED) is 0.520. The van der Waals surface area contributed by atoms with Gasteiger partial charge in [-0.25, -0.2) is 14.8 Å². The zero-order valence-corrected chi connectivity index (χ0v) is 18.8. The molecular formula is C23H25N9O2. The maximum absolute atomic E-state index is 11.8.